The van der Waals surface area contributed by atoms with E-state index < -0.39 is 0 Å². The van der Waals surface area contributed by atoms with E-state index in [2.05, 4.69) is 10.3 Å². The number of halogens is 1. The SMILES string of the molecule is CCOc1cc(C(=O)N2C[C@@H]3CNC[C@H]3C2)nc2ccccc12.Cl. The fraction of sp³-hybridized carbons (Fsp3) is 0.444. The molecule has 6 heteroatoms. The van der Waals surface area contributed by atoms with Crippen molar-refractivity contribution in [3.8, 4) is 5.75 Å². The van der Waals surface area contributed by atoms with Gasteiger partial charge in [0.2, 0.25) is 0 Å². The lowest BCUT2D eigenvalue weighted by Crippen LogP contribution is -2.32. The Hall–Kier alpha value is -1.85. The van der Waals surface area contributed by atoms with Gasteiger partial charge in [-0.25, -0.2) is 4.98 Å². The number of hydrogen-bond acceptors (Lipinski definition) is 4. The molecule has 5 nitrogen and oxygen atoms in total. The Balaban J connectivity index is 0.00000169. The van der Waals surface area contributed by atoms with Crippen LogP contribution in [-0.4, -0.2) is 48.6 Å². The number of nitrogens with one attached hydrogen (secondary N) is 1. The summed E-state index contributed by atoms with van der Waals surface area (Å²) in [6.45, 7) is 6.21. The van der Waals surface area contributed by atoms with Gasteiger partial charge in [-0.2, -0.15) is 0 Å². The van der Waals surface area contributed by atoms with Gasteiger partial charge < -0.3 is 15.0 Å². The first-order valence-corrected chi connectivity index (χ1v) is 8.29. The van der Waals surface area contributed by atoms with Gasteiger partial charge in [0, 0.05) is 37.6 Å². The summed E-state index contributed by atoms with van der Waals surface area (Å²) in [7, 11) is 0. The summed E-state index contributed by atoms with van der Waals surface area (Å²) in [6, 6.07) is 9.60. The highest BCUT2D eigenvalue weighted by atomic mass is 35.5. The predicted octanol–water partition coefficient (Wildman–Crippen LogP) is 2.35. The van der Waals surface area contributed by atoms with Gasteiger partial charge in [0.05, 0.1) is 12.1 Å². The number of amides is 1. The highest BCUT2D eigenvalue weighted by molar-refractivity contribution is 5.97. The zero-order chi connectivity index (χ0) is 15.8. The number of carbonyl (C=O) groups is 1. The van der Waals surface area contributed by atoms with Gasteiger partial charge in [0.15, 0.2) is 0 Å². The molecule has 0 radical (unpaired) electrons. The Bertz CT molecular complexity index is 740. The van der Waals surface area contributed by atoms with Crippen molar-refractivity contribution >= 4 is 29.2 Å². The fourth-order valence-electron chi connectivity index (χ4n) is 3.71. The van der Waals surface area contributed by atoms with Crippen LogP contribution < -0.4 is 10.1 Å². The number of pyridine rings is 1. The Labute approximate surface area is 147 Å². The molecular formula is C18H22ClN3O2. The summed E-state index contributed by atoms with van der Waals surface area (Å²) < 4.78 is 5.73. The maximum absolute atomic E-state index is 12.9. The maximum atomic E-state index is 12.9. The fourth-order valence-corrected chi connectivity index (χ4v) is 3.71. The van der Waals surface area contributed by atoms with Gasteiger partial charge in [0.1, 0.15) is 11.4 Å². The van der Waals surface area contributed by atoms with Gasteiger partial charge >= 0.3 is 0 Å². The molecule has 0 unspecified atom stereocenters. The van der Waals surface area contributed by atoms with Crippen LogP contribution in [0.2, 0.25) is 0 Å². The van der Waals surface area contributed by atoms with Crippen molar-refractivity contribution in [3.63, 3.8) is 0 Å². The molecule has 2 aliphatic heterocycles. The van der Waals surface area contributed by atoms with Crippen LogP contribution in [0.1, 0.15) is 17.4 Å². The van der Waals surface area contributed by atoms with E-state index in [1.807, 2.05) is 36.1 Å². The third-order valence-electron chi connectivity index (χ3n) is 4.87. The van der Waals surface area contributed by atoms with Gasteiger partial charge in [-0.1, -0.05) is 12.1 Å². The van der Waals surface area contributed by atoms with Crippen molar-refractivity contribution in [2.75, 3.05) is 32.8 Å². The average molecular weight is 348 g/mol. The highest BCUT2D eigenvalue weighted by Gasteiger charge is 2.38. The minimum absolute atomic E-state index is 0. The van der Waals surface area contributed by atoms with Crippen molar-refractivity contribution < 1.29 is 9.53 Å². The van der Waals surface area contributed by atoms with Gasteiger partial charge in [-0.15, -0.1) is 12.4 Å². The standard InChI is InChI=1S/C18H21N3O2.ClH/c1-2-23-17-7-16(20-15-6-4-3-5-14(15)17)18(22)21-10-12-8-19-9-13(12)11-21;/h3-7,12-13,19H,2,8-11H2,1H3;1H/t12-,13-;/m0./s1. The molecule has 0 saturated carbocycles. The van der Waals surface area contributed by atoms with Crippen LogP contribution in [0.15, 0.2) is 30.3 Å². The maximum Gasteiger partial charge on any atom is 0.272 e. The molecule has 2 saturated heterocycles. The van der Waals surface area contributed by atoms with Crippen molar-refractivity contribution in [1.82, 2.24) is 15.2 Å². The minimum atomic E-state index is 0. The number of carbonyl (C=O) groups excluding carboxylic acids is 1. The minimum Gasteiger partial charge on any atom is -0.493 e. The first-order valence-electron chi connectivity index (χ1n) is 8.29. The second-order valence-electron chi connectivity index (χ2n) is 6.34. The molecule has 3 heterocycles. The third kappa shape index (κ3) is 2.94. The molecule has 2 atom stereocenters. The lowest BCUT2D eigenvalue weighted by Gasteiger charge is -2.18. The number of aromatic nitrogens is 1. The second kappa shape index (κ2) is 6.95. The second-order valence-corrected chi connectivity index (χ2v) is 6.34. The number of benzene rings is 1. The molecule has 4 rings (SSSR count). The average Bonchev–Trinajstić information content (AvgIpc) is 3.16. The first-order chi connectivity index (χ1) is 11.3. The molecule has 0 aliphatic carbocycles. The molecule has 1 aromatic heterocycles. The first kappa shape index (κ1) is 17.0. The molecule has 1 amide bonds. The van der Waals surface area contributed by atoms with Crippen molar-refractivity contribution in [2.24, 2.45) is 11.8 Å². The van der Waals surface area contributed by atoms with Crippen LogP contribution in [0.5, 0.6) is 5.75 Å². The van der Waals surface area contributed by atoms with Gasteiger partial charge in [-0.05, 0) is 30.9 Å². The molecule has 1 N–H and O–H groups in total. The molecule has 2 aliphatic rings. The number of rotatable bonds is 3. The Kier molecular flexibility index (Phi) is 4.92. The highest BCUT2D eigenvalue weighted by Crippen LogP contribution is 2.29. The number of hydrogen-bond donors (Lipinski definition) is 1. The van der Waals surface area contributed by atoms with Crippen LogP contribution in [0.3, 0.4) is 0 Å². The summed E-state index contributed by atoms with van der Waals surface area (Å²) in [6.07, 6.45) is 0. The summed E-state index contributed by atoms with van der Waals surface area (Å²) in [5.74, 6) is 1.94. The van der Waals surface area contributed by atoms with Crippen LogP contribution in [-0.2, 0) is 0 Å². The van der Waals surface area contributed by atoms with E-state index in [4.69, 9.17) is 4.74 Å². The van der Waals surface area contributed by atoms with E-state index in [0.29, 0.717) is 24.1 Å². The topological polar surface area (TPSA) is 54.5 Å². The van der Waals surface area contributed by atoms with E-state index >= 15 is 0 Å². The van der Waals surface area contributed by atoms with Crippen LogP contribution in [0.25, 0.3) is 10.9 Å². The van der Waals surface area contributed by atoms with E-state index in [1.165, 1.54) is 0 Å². The van der Waals surface area contributed by atoms with E-state index in [-0.39, 0.29) is 18.3 Å². The predicted molar refractivity (Wildman–Crippen MR) is 95.9 cm³/mol. The van der Waals surface area contributed by atoms with Gasteiger partial charge in [0.25, 0.3) is 5.91 Å². The Morgan fingerprint density at radius 1 is 1.29 bits per heavy atom. The van der Waals surface area contributed by atoms with Crippen LogP contribution in [0.4, 0.5) is 0 Å². The van der Waals surface area contributed by atoms with Crippen LogP contribution in [0, 0.1) is 11.8 Å². The molecule has 128 valence electrons. The number of para-hydroxylation sites is 1. The largest absolute Gasteiger partial charge is 0.493 e. The number of fused-ring (bicyclic) bond motifs is 2. The Morgan fingerprint density at radius 3 is 2.71 bits per heavy atom. The summed E-state index contributed by atoms with van der Waals surface area (Å²) in [5, 5.41) is 4.35. The summed E-state index contributed by atoms with van der Waals surface area (Å²) >= 11 is 0. The van der Waals surface area contributed by atoms with E-state index in [9.17, 15) is 4.79 Å². The lowest BCUT2D eigenvalue weighted by atomic mass is 10.0. The quantitative estimate of drug-likeness (QED) is 0.926. The molecule has 1 aromatic carbocycles. The smallest absolute Gasteiger partial charge is 0.272 e. The zero-order valence-corrected chi connectivity index (χ0v) is 14.5. The molecule has 0 spiro atoms. The van der Waals surface area contributed by atoms with Crippen molar-refractivity contribution in [1.29, 1.82) is 0 Å². The molecule has 0 bridgehead atoms. The monoisotopic (exact) mass is 347 g/mol. The van der Waals surface area contributed by atoms with Crippen molar-refractivity contribution in [3.05, 3.63) is 36.0 Å². The normalized spacial score (nSPS) is 22.3. The van der Waals surface area contributed by atoms with E-state index in [1.54, 1.807) is 6.07 Å². The molecular weight excluding hydrogens is 326 g/mol. The van der Waals surface area contributed by atoms with E-state index in [0.717, 1.165) is 42.8 Å². The summed E-state index contributed by atoms with van der Waals surface area (Å²) in [5.41, 5.74) is 1.29. The van der Waals surface area contributed by atoms with Crippen LogP contribution >= 0.6 is 12.4 Å². The number of likely N-dealkylation sites (tertiary alicyclic amines) is 1. The molecule has 2 aromatic rings. The Morgan fingerprint density at radius 2 is 2.00 bits per heavy atom. The summed E-state index contributed by atoms with van der Waals surface area (Å²) in [4.78, 5) is 19.4. The number of ether oxygens (including phenoxy) is 1. The van der Waals surface area contributed by atoms with Crippen molar-refractivity contribution in [2.45, 2.75) is 6.92 Å². The number of nitrogens with zero attached hydrogens (tertiary/aromatic N) is 2. The third-order valence-corrected chi connectivity index (χ3v) is 4.87. The molecule has 24 heavy (non-hydrogen) atoms. The lowest BCUT2D eigenvalue weighted by molar-refractivity contribution is 0.0776. The zero-order valence-electron chi connectivity index (χ0n) is 13.7. The van der Waals surface area contributed by atoms with Gasteiger partial charge in [-0.3, -0.25) is 4.79 Å². The molecule has 2 fully saturated rings.